The molecule has 232 valence electrons. The molecule has 3 fully saturated rings. The number of nitrogens with two attached hydrogens (primary N) is 1. The van der Waals surface area contributed by atoms with Crippen LogP contribution in [0.4, 0.5) is 5.69 Å². The normalized spacial score (nSPS) is 31.0. The summed E-state index contributed by atoms with van der Waals surface area (Å²) in [6.07, 6.45) is 2.02. The van der Waals surface area contributed by atoms with Crippen LogP contribution in [-0.2, 0) is 32.1 Å². The second-order valence-corrected chi connectivity index (χ2v) is 13.0. The van der Waals surface area contributed by atoms with E-state index in [1.807, 2.05) is 18.2 Å². The quantitative estimate of drug-likeness (QED) is 0.276. The topological polar surface area (TPSA) is 170 Å². The van der Waals surface area contributed by atoms with E-state index in [2.05, 4.69) is 22.3 Å². The molecule has 2 aromatic rings. The van der Waals surface area contributed by atoms with Crippen LogP contribution < -0.4 is 11.1 Å². The van der Waals surface area contributed by atoms with Crippen molar-refractivity contribution < 1.29 is 34.2 Å². The zero-order chi connectivity index (χ0) is 31.5. The number of fused-ring (bicyclic) bond motifs is 3. The highest BCUT2D eigenvalue weighted by atomic mass is 16.3. The van der Waals surface area contributed by atoms with Gasteiger partial charge < -0.3 is 21.3 Å². The molecule has 2 aromatic carbocycles. The summed E-state index contributed by atoms with van der Waals surface area (Å²) in [5, 5.41) is 26.1. The minimum absolute atomic E-state index is 0.00288. The molecule has 1 saturated heterocycles. The number of nitrogens with zero attached hydrogens (tertiary/aromatic N) is 2. The Kier molecular flexibility index (Phi) is 7.67. The molecule has 2 unspecified atom stereocenters. The number of hydrogen-bond donors (Lipinski definition) is 4. The number of Topliss-reactive ketones (excluding diaryl/α,β-unsaturated/α-hetero) is 4. The number of likely N-dealkylation sites (tertiary alicyclic amines) is 1. The number of carbonyl (C=O) groups excluding carboxylic acids is 5. The van der Waals surface area contributed by atoms with Crippen molar-refractivity contribution in [1.82, 2.24) is 9.80 Å². The third-order valence-corrected chi connectivity index (χ3v) is 10.1. The number of carbonyl (C=O) groups is 5. The number of nitrogens with one attached hydrogen (secondary N) is 1. The molecule has 1 amide bonds. The first-order chi connectivity index (χ1) is 20.9. The minimum atomic E-state index is -2.73. The average Bonchev–Trinajstić information content (AvgIpc) is 2.97. The summed E-state index contributed by atoms with van der Waals surface area (Å²) < 4.78 is 0. The van der Waals surface area contributed by atoms with Gasteiger partial charge in [0.05, 0.1) is 17.5 Å². The van der Waals surface area contributed by atoms with Crippen molar-refractivity contribution in [1.29, 1.82) is 0 Å². The van der Waals surface area contributed by atoms with Crippen molar-refractivity contribution in [2.24, 2.45) is 29.4 Å². The number of primary amides is 1. The fraction of sp³-hybridized carbons (Fsp3) is 0.485. The molecular weight excluding hydrogens is 564 g/mol. The lowest BCUT2D eigenvalue weighted by molar-refractivity contribution is -0.181. The maximum absolute atomic E-state index is 14.0. The van der Waals surface area contributed by atoms with Gasteiger partial charge in [-0.3, -0.25) is 33.8 Å². The SMILES string of the molecule is CN(C)[C@H]1C(=O)C(C(N)=O)C(=O)[C@@]2(O)C(=O)C3C(=O)c4c(O)ccc(NC5CCN(Cc6ccccc6)CC5)c4C[C@@H]3C[C@H]12. The Hall–Kier alpha value is -3.93. The van der Waals surface area contributed by atoms with Crippen LogP contribution >= 0.6 is 0 Å². The van der Waals surface area contributed by atoms with Gasteiger partial charge in [0.1, 0.15) is 5.75 Å². The Morgan fingerprint density at radius 3 is 2.36 bits per heavy atom. The maximum atomic E-state index is 14.0. The van der Waals surface area contributed by atoms with Gasteiger partial charge in [-0.1, -0.05) is 30.3 Å². The summed E-state index contributed by atoms with van der Waals surface area (Å²) in [5.74, 6) is -10.4. The van der Waals surface area contributed by atoms with Crippen LogP contribution in [0.3, 0.4) is 0 Å². The second-order valence-electron chi connectivity index (χ2n) is 13.0. The van der Waals surface area contributed by atoms with Gasteiger partial charge in [0.2, 0.25) is 5.91 Å². The molecule has 11 heteroatoms. The van der Waals surface area contributed by atoms with Crippen LogP contribution in [0.15, 0.2) is 42.5 Å². The van der Waals surface area contributed by atoms with Crippen molar-refractivity contribution in [3.63, 3.8) is 0 Å². The minimum Gasteiger partial charge on any atom is -0.507 e. The Labute approximate surface area is 255 Å². The van der Waals surface area contributed by atoms with E-state index in [9.17, 15) is 34.2 Å². The van der Waals surface area contributed by atoms with E-state index in [-0.39, 0.29) is 30.2 Å². The van der Waals surface area contributed by atoms with Gasteiger partial charge in [-0.25, -0.2) is 0 Å². The monoisotopic (exact) mass is 602 g/mol. The number of phenols is 1. The third-order valence-electron chi connectivity index (χ3n) is 10.1. The number of rotatable bonds is 6. The summed E-state index contributed by atoms with van der Waals surface area (Å²) >= 11 is 0. The molecule has 11 nitrogen and oxygen atoms in total. The van der Waals surface area contributed by atoms with Crippen LogP contribution in [0, 0.1) is 23.7 Å². The van der Waals surface area contributed by atoms with E-state index in [0.29, 0.717) is 11.3 Å². The molecule has 0 spiro atoms. The highest BCUT2D eigenvalue weighted by Gasteiger charge is 2.69. The van der Waals surface area contributed by atoms with E-state index in [4.69, 9.17) is 5.73 Å². The van der Waals surface area contributed by atoms with E-state index in [1.54, 1.807) is 20.2 Å². The molecule has 6 atom stereocenters. The van der Waals surface area contributed by atoms with Gasteiger partial charge in [0, 0.05) is 37.3 Å². The molecule has 0 aromatic heterocycles. The van der Waals surface area contributed by atoms with Crippen LogP contribution in [0.1, 0.15) is 40.7 Å². The van der Waals surface area contributed by atoms with E-state index in [1.165, 1.54) is 16.5 Å². The predicted octanol–water partition coefficient (Wildman–Crippen LogP) is 0.944. The number of piperidine rings is 1. The maximum Gasteiger partial charge on any atom is 0.235 e. The molecule has 1 aliphatic heterocycles. The summed E-state index contributed by atoms with van der Waals surface area (Å²) in [6.45, 7) is 2.66. The van der Waals surface area contributed by atoms with Crippen molar-refractivity contribution in [3.8, 4) is 5.75 Å². The number of phenolic OH excluding ortho intramolecular Hbond substituents is 1. The number of aromatic hydroxyl groups is 1. The molecule has 5 N–H and O–H groups in total. The second kappa shape index (κ2) is 11.2. The number of benzene rings is 2. The summed E-state index contributed by atoms with van der Waals surface area (Å²) in [4.78, 5) is 70.7. The smallest absolute Gasteiger partial charge is 0.235 e. The Bertz CT molecular complexity index is 1530. The van der Waals surface area contributed by atoms with Gasteiger partial charge in [-0.15, -0.1) is 0 Å². The number of aliphatic hydroxyl groups is 1. The highest BCUT2D eigenvalue weighted by molar-refractivity contribution is 6.32. The lowest BCUT2D eigenvalue weighted by Crippen LogP contribution is -2.74. The van der Waals surface area contributed by atoms with Gasteiger partial charge in [-0.05, 0) is 69.0 Å². The standard InChI is InChI=1S/C33H38N4O7/c1-36(2)27-21-15-18-14-20-22(35-19-10-12-37(13-11-19)16-17-6-4-3-5-7-17)8-9-23(38)25(20)28(39)24(18)30(41)33(21,44)31(42)26(29(27)40)32(34)43/h3-9,18-19,21,24,26-27,35,38,44H,10-16H2,1-2H3,(H2,34,43)/t18-,21-,24?,26?,27-,33+/m1/s1. The zero-order valence-electron chi connectivity index (χ0n) is 24.9. The van der Waals surface area contributed by atoms with Gasteiger partial charge in [0.15, 0.2) is 34.7 Å². The van der Waals surface area contributed by atoms with Crippen LogP contribution in [0.25, 0.3) is 0 Å². The highest BCUT2D eigenvalue weighted by Crippen LogP contribution is 2.51. The summed E-state index contributed by atoms with van der Waals surface area (Å²) in [6, 6.07) is 12.5. The fourth-order valence-electron chi connectivity index (χ4n) is 8.04. The molecule has 6 rings (SSSR count). The van der Waals surface area contributed by atoms with E-state index >= 15 is 0 Å². The van der Waals surface area contributed by atoms with Crippen LogP contribution in [-0.4, -0.2) is 93.9 Å². The van der Waals surface area contributed by atoms with Gasteiger partial charge >= 0.3 is 0 Å². The zero-order valence-corrected chi connectivity index (χ0v) is 24.9. The summed E-state index contributed by atoms with van der Waals surface area (Å²) in [5.41, 5.74) is 5.21. The number of ketones is 4. The number of likely N-dealkylation sites (N-methyl/N-ethyl adjacent to an activating group) is 1. The van der Waals surface area contributed by atoms with Gasteiger partial charge in [-0.2, -0.15) is 0 Å². The average molecular weight is 603 g/mol. The van der Waals surface area contributed by atoms with Crippen molar-refractivity contribution in [2.45, 2.75) is 49.9 Å². The summed E-state index contributed by atoms with van der Waals surface area (Å²) in [7, 11) is 3.14. The number of hydrogen-bond acceptors (Lipinski definition) is 10. The molecule has 0 radical (unpaired) electrons. The first-order valence-corrected chi connectivity index (χ1v) is 15.2. The molecule has 1 heterocycles. The van der Waals surface area contributed by atoms with Crippen molar-refractivity contribution in [2.75, 3.05) is 32.5 Å². The molecule has 4 aliphatic rings. The third kappa shape index (κ3) is 4.74. The Morgan fingerprint density at radius 2 is 1.73 bits per heavy atom. The molecule has 3 aliphatic carbocycles. The lowest BCUT2D eigenvalue weighted by atomic mass is 9.52. The Balaban J connectivity index is 1.27. The first-order valence-electron chi connectivity index (χ1n) is 15.2. The molecule has 44 heavy (non-hydrogen) atoms. The lowest BCUT2D eigenvalue weighted by Gasteiger charge is -2.52. The fourth-order valence-corrected chi connectivity index (χ4v) is 8.04. The first kappa shape index (κ1) is 30.1. The molecular formula is C33H38N4O7. The van der Waals surface area contributed by atoms with Crippen LogP contribution in [0.5, 0.6) is 5.75 Å². The molecule has 2 saturated carbocycles. The van der Waals surface area contributed by atoms with Crippen LogP contribution in [0.2, 0.25) is 0 Å². The molecule has 0 bridgehead atoms. The number of amides is 1. The van der Waals surface area contributed by atoms with Crippen molar-refractivity contribution >= 4 is 34.7 Å². The van der Waals surface area contributed by atoms with E-state index < -0.39 is 64.4 Å². The Morgan fingerprint density at radius 1 is 1.05 bits per heavy atom. The van der Waals surface area contributed by atoms with E-state index in [0.717, 1.165) is 32.5 Å². The predicted molar refractivity (Wildman–Crippen MR) is 160 cm³/mol. The largest absolute Gasteiger partial charge is 0.507 e. The van der Waals surface area contributed by atoms with Gasteiger partial charge in [0.25, 0.3) is 0 Å². The number of anilines is 1. The van der Waals surface area contributed by atoms with Crippen molar-refractivity contribution in [3.05, 3.63) is 59.2 Å².